The van der Waals surface area contributed by atoms with Crippen LogP contribution in [0.15, 0.2) is 18.2 Å². The summed E-state index contributed by atoms with van der Waals surface area (Å²) in [5.74, 6) is -0.693. The van der Waals surface area contributed by atoms with E-state index in [1.807, 2.05) is 6.07 Å². The lowest BCUT2D eigenvalue weighted by Gasteiger charge is -2.23. The van der Waals surface area contributed by atoms with E-state index in [-0.39, 0.29) is 0 Å². The van der Waals surface area contributed by atoms with E-state index in [0.29, 0.717) is 16.5 Å². The van der Waals surface area contributed by atoms with Gasteiger partial charge in [-0.25, -0.2) is 0 Å². The normalized spacial score (nSPS) is 18.2. The van der Waals surface area contributed by atoms with Crippen LogP contribution in [-0.4, -0.2) is 11.1 Å². The van der Waals surface area contributed by atoms with Crippen molar-refractivity contribution in [2.75, 3.05) is 0 Å². The number of halogens is 2. The lowest BCUT2D eigenvalue weighted by molar-refractivity contribution is -0.148. The lowest BCUT2D eigenvalue weighted by atomic mass is 9.80. The summed E-state index contributed by atoms with van der Waals surface area (Å²) in [5.41, 5.74) is 0.348. The Balaban J connectivity index is 2.23. The highest BCUT2D eigenvalue weighted by Gasteiger charge is 2.41. The van der Waals surface area contributed by atoms with Gasteiger partial charge in [0, 0.05) is 0 Å². The maximum absolute atomic E-state index is 11.4. The van der Waals surface area contributed by atoms with E-state index in [1.54, 1.807) is 12.1 Å². The van der Waals surface area contributed by atoms with Crippen molar-refractivity contribution in [1.82, 2.24) is 0 Å². The van der Waals surface area contributed by atoms with Crippen LogP contribution in [0.25, 0.3) is 0 Å². The molecular formula is C13H14Cl2O2. The van der Waals surface area contributed by atoms with Crippen LogP contribution >= 0.6 is 23.2 Å². The van der Waals surface area contributed by atoms with Gasteiger partial charge in [0.2, 0.25) is 0 Å². The molecule has 0 heterocycles. The van der Waals surface area contributed by atoms with Gasteiger partial charge in [-0.15, -0.1) is 0 Å². The maximum Gasteiger partial charge on any atom is 0.309 e. The molecule has 1 N–H and O–H groups in total. The molecule has 0 atom stereocenters. The number of hydrogen-bond donors (Lipinski definition) is 1. The van der Waals surface area contributed by atoms with Gasteiger partial charge in [-0.1, -0.05) is 42.1 Å². The summed E-state index contributed by atoms with van der Waals surface area (Å²) >= 11 is 11.8. The van der Waals surface area contributed by atoms with E-state index in [1.165, 1.54) is 0 Å². The molecule has 92 valence electrons. The van der Waals surface area contributed by atoms with Crippen molar-refractivity contribution < 1.29 is 9.90 Å². The third kappa shape index (κ3) is 2.58. The van der Waals surface area contributed by atoms with Crippen molar-refractivity contribution in [3.05, 3.63) is 33.8 Å². The summed E-state index contributed by atoms with van der Waals surface area (Å²) in [6.07, 6.45) is 4.03. The van der Waals surface area contributed by atoms with Gasteiger partial charge in [-0.3, -0.25) is 4.79 Å². The van der Waals surface area contributed by atoms with Crippen molar-refractivity contribution in [3.8, 4) is 0 Å². The first kappa shape index (κ1) is 12.7. The molecule has 0 radical (unpaired) electrons. The standard InChI is InChI=1S/C13H14Cl2O2/c14-10-4-3-9(7-11(10)15)8-13(12(16)17)5-1-2-6-13/h3-4,7H,1-2,5-6,8H2,(H,16,17). The molecule has 4 heteroatoms. The summed E-state index contributed by atoms with van der Waals surface area (Å²) in [5, 5.41) is 10.4. The molecule has 1 saturated carbocycles. The largest absolute Gasteiger partial charge is 0.481 e. The van der Waals surface area contributed by atoms with Gasteiger partial charge >= 0.3 is 5.97 Å². The van der Waals surface area contributed by atoms with Crippen LogP contribution < -0.4 is 0 Å². The van der Waals surface area contributed by atoms with Crippen molar-refractivity contribution in [3.63, 3.8) is 0 Å². The van der Waals surface area contributed by atoms with Crippen molar-refractivity contribution in [2.45, 2.75) is 32.1 Å². The van der Waals surface area contributed by atoms with Crippen molar-refractivity contribution >= 4 is 29.2 Å². The quantitative estimate of drug-likeness (QED) is 0.896. The van der Waals surface area contributed by atoms with Crippen LogP contribution in [0.5, 0.6) is 0 Å². The van der Waals surface area contributed by atoms with Crippen LogP contribution in [0.1, 0.15) is 31.2 Å². The highest BCUT2D eigenvalue weighted by molar-refractivity contribution is 6.42. The Bertz CT molecular complexity index is 437. The first-order chi connectivity index (χ1) is 8.03. The number of carbonyl (C=O) groups is 1. The summed E-state index contributed by atoms with van der Waals surface area (Å²) in [6, 6.07) is 5.36. The molecule has 2 nitrogen and oxygen atoms in total. The zero-order valence-electron chi connectivity index (χ0n) is 9.38. The molecule has 0 aromatic heterocycles. The van der Waals surface area contributed by atoms with Gasteiger partial charge in [0.25, 0.3) is 0 Å². The molecule has 0 unspecified atom stereocenters. The molecular weight excluding hydrogens is 259 g/mol. The number of rotatable bonds is 3. The van der Waals surface area contributed by atoms with E-state index in [9.17, 15) is 9.90 Å². The highest BCUT2D eigenvalue weighted by atomic mass is 35.5. The summed E-state index contributed by atoms with van der Waals surface area (Å²) in [6.45, 7) is 0. The molecule has 2 rings (SSSR count). The smallest absolute Gasteiger partial charge is 0.309 e. The second-order valence-electron chi connectivity index (χ2n) is 4.72. The fraction of sp³-hybridized carbons (Fsp3) is 0.462. The average Bonchev–Trinajstić information content (AvgIpc) is 2.73. The van der Waals surface area contributed by atoms with Crippen LogP contribution in [0, 0.1) is 5.41 Å². The van der Waals surface area contributed by atoms with Gasteiger partial charge in [-0.2, -0.15) is 0 Å². The molecule has 1 aliphatic carbocycles. The maximum atomic E-state index is 11.4. The number of aliphatic carboxylic acids is 1. The summed E-state index contributed by atoms with van der Waals surface area (Å²) in [4.78, 5) is 11.4. The number of benzene rings is 1. The monoisotopic (exact) mass is 272 g/mol. The topological polar surface area (TPSA) is 37.3 Å². The average molecular weight is 273 g/mol. The first-order valence-electron chi connectivity index (χ1n) is 5.71. The third-order valence-electron chi connectivity index (χ3n) is 3.54. The van der Waals surface area contributed by atoms with Gasteiger partial charge in [0.15, 0.2) is 0 Å². The molecule has 1 aromatic rings. The predicted molar refractivity (Wildman–Crippen MR) is 68.7 cm³/mol. The predicted octanol–water partition coefficient (Wildman–Crippen LogP) is 4.18. The van der Waals surface area contributed by atoms with E-state index in [0.717, 1.165) is 31.2 Å². The van der Waals surface area contributed by atoms with Gasteiger partial charge in [0.05, 0.1) is 15.5 Å². The Morgan fingerprint density at radius 1 is 1.24 bits per heavy atom. The van der Waals surface area contributed by atoms with E-state index >= 15 is 0 Å². The Morgan fingerprint density at radius 3 is 2.41 bits per heavy atom. The van der Waals surface area contributed by atoms with Gasteiger partial charge < -0.3 is 5.11 Å². The molecule has 1 aromatic carbocycles. The molecule has 1 fully saturated rings. The molecule has 17 heavy (non-hydrogen) atoms. The minimum absolute atomic E-state index is 0.489. The van der Waals surface area contributed by atoms with Crippen LogP contribution in [-0.2, 0) is 11.2 Å². The Labute approximate surface area is 111 Å². The fourth-order valence-corrected chi connectivity index (χ4v) is 2.88. The third-order valence-corrected chi connectivity index (χ3v) is 4.28. The number of carboxylic acids is 1. The second kappa shape index (κ2) is 4.87. The van der Waals surface area contributed by atoms with E-state index < -0.39 is 11.4 Å². The minimum Gasteiger partial charge on any atom is -0.481 e. The van der Waals surface area contributed by atoms with Gasteiger partial charge in [0.1, 0.15) is 0 Å². The molecule has 0 saturated heterocycles. The van der Waals surface area contributed by atoms with Gasteiger partial charge in [-0.05, 0) is 37.0 Å². The van der Waals surface area contributed by atoms with Crippen LogP contribution in [0.4, 0.5) is 0 Å². The summed E-state index contributed by atoms with van der Waals surface area (Å²) < 4.78 is 0. The molecule has 0 spiro atoms. The SMILES string of the molecule is O=C(O)C1(Cc2ccc(Cl)c(Cl)c2)CCCC1. The summed E-state index contributed by atoms with van der Waals surface area (Å²) in [7, 11) is 0. The number of hydrogen-bond acceptors (Lipinski definition) is 1. The van der Waals surface area contributed by atoms with Crippen LogP contribution in [0.2, 0.25) is 10.0 Å². The van der Waals surface area contributed by atoms with E-state index in [4.69, 9.17) is 23.2 Å². The zero-order valence-corrected chi connectivity index (χ0v) is 10.9. The second-order valence-corrected chi connectivity index (χ2v) is 5.53. The Morgan fingerprint density at radius 2 is 1.88 bits per heavy atom. The van der Waals surface area contributed by atoms with E-state index in [2.05, 4.69) is 0 Å². The first-order valence-corrected chi connectivity index (χ1v) is 6.46. The Kier molecular flexibility index (Phi) is 3.64. The minimum atomic E-state index is -0.693. The fourth-order valence-electron chi connectivity index (χ4n) is 2.56. The zero-order chi connectivity index (χ0) is 12.5. The Hall–Kier alpha value is -0.730. The number of carboxylic acid groups (broad SMARTS) is 1. The van der Waals surface area contributed by atoms with Crippen LogP contribution in [0.3, 0.4) is 0 Å². The van der Waals surface area contributed by atoms with Crippen molar-refractivity contribution in [1.29, 1.82) is 0 Å². The lowest BCUT2D eigenvalue weighted by Crippen LogP contribution is -2.30. The molecule has 0 amide bonds. The van der Waals surface area contributed by atoms with Crippen molar-refractivity contribution in [2.24, 2.45) is 5.41 Å². The molecule has 1 aliphatic rings. The molecule has 0 bridgehead atoms. The highest BCUT2D eigenvalue weighted by Crippen LogP contribution is 2.41. The molecule has 0 aliphatic heterocycles.